The second-order valence-corrected chi connectivity index (χ2v) is 3.77. The lowest BCUT2D eigenvalue weighted by Crippen LogP contribution is -2.27. The predicted molar refractivity (Wildman–Crippen MR) is 58.5 cm³/mol. The molecule has 3 nitrogen and oxygen atoms in total. The molecule has 0 heterocycles. The van der Waals surface area contributed by atoms with Gasteiger partial charge < -0.3 is 14.9 Å². The van der Waals surface area contributed by atoms with Crippen molar-refractivity contribution in [3.05, 3.63) is 35.9 Å². The molecule has 0 saturated carbocycles. The van der Waals surface area contributed by atoms with Crippen LogP contribution in [0.5, 0.6) is 0 Å². The number of ether oxygens (including phenoxy) is 1. The minimum Gasteiger partial charge on any atom is -0.394 e. The number of hydrogen-bond acceptors (Lipinski definition) is 3. The Morgan fingerprint density at radius 3 is 2.27 bits per heavy atom. The Labute approximate surface area is 90.3 Å². The molecule has 84 valence electrons. The van der Waals surface area contributed by atoms with Gasteiger partial charge in [-0.15, -0.1) is 0 Å². The fraction of sp³-hybridized carbons (Fsp3) is 0.500. The standard InChI is InChI=1S/C12H18O3/c1-9(2)15-12(11(14)8-13)10-6-4-3-5-7-10/h3-7,9,11-14H,8H2,1-2H3. The third kappa shape index (κ3) is 3.63. The van der Waals surface area contributed by atoms with Gasteiger partial charge >= 0.3 is 0 Å². The van der Waals surface area contributed by atoms with Crippen LogP contribution in [0.1, 0.15) is 25.5 Å². The molecular weight excluding hydrogens is 192 g/mol. The molecule has 0 spiro atoms. The van der Waals surface area contributed by atoms with Gasteiger partial charge in [-0.2, -0.15) is 0 Å². The molecule has 0 fully saturated rings. The normalized spacial score (nSPS) is 15.3. The first-order chi connectivity index (χ1) is 7.15. The van der Waals surface area contributed by atoms with Crippen LogP contribution in [0.25, 0.3) is 0 Å². The minimum atomic E-state index is -0.880. The third-order valence-electron chi connectivity index (χ3n) is 2.08. The van der Waals surface area contributed by atoms with Gasteiger partial charge in [-0.05, 0) is 19.4 Å². The summed E-state index contributed by atoms with van der Waals surface area (Å²) < 4.78 is 5.58. The molecule has 1 aromatic carbocycles. The highest BCUT2D eigenvalue weighted by Gasteiger charge is 2.21. The lowest BCUT2D eigenvalue weighted by molar-refractivity contribution is -0.0831. The van der Waals surface area contributed by atoms with E-state index in [9.17, 15) is 5.11 Å². The van der Waals surface area contributed by atoms with Crippen LogP contribution >= 0.6 is 0 Å². The van der Waals surface area contributed by atoms with Crippen molar-refractivity contribution < 1.29 is 14.9 Å². The van der Waals surface area contributed by atoms with E-state index in [0.717, 1.165) is 5.56 Å². The predicted octanol–water partition coefficient (Wildman–Crippen LogP) is 1.51. The largest absolute Gasteiger partial charge is 0.394 e. The molecule has 0 amide bonds. The van der Waals surface area contributed by atoms with Crippen LogP contribution < -0.4 is 0 Å². The molecule has 0 saturated heterocycles. The van der Waals surface area contributed by atoms with Crippen molar-refractivity contribution in [1.29, 1.82) is 0 Å². The van der Waals surface area contributed by atoms with Crippen LogP contribution in [0.2, 0.25) is 0 Å². The van der Waals surface area contributed by atoms with Gasteiger partial charge in [-0.25, -0.2) is 0 Å². The fourth-order valence-electron chi connectivity index (χ4n) is 1.42. The summed E-state index contributed by atoms with van der Waals surface area (Å²) in [5.41, 5.74) is 0.882. The zero-order valence-corrected chi connectivity index (χ0v) is 9.13. The Balaban J connectivity index is 2.81. The SMILES string of the molecule is CC(C)OC(c1ccccc1)C(O)CO. The molecule has 3 heteroatoms. The van der Waals surface area contributed by atoms with Gasteiger partial charge in [0.05, 0.1) is 12.7 Å². The van der Waals surface area contributed by atoms with E-state index < -0.39 is 12.2 Å². The molecule has 1 rings (SSSR count). The summed E-state index contributed by atoms with van der Waals surface area (Å²) in [6, 6.07) is 9.44. The topological polar surface area (TPSA) is 49.7 Å². The van der Waals surface area contributed by atoms with E-state index in [4.69, 9.17) is 9.84 Å². The van der Waals surface area contributed by atoms with Gasteiger partial charge in [-0.1, -0.05) is 30.3 Å². The third-order valence-corrected chi connectivity index (χ3v) is 2.08. The van der Waals surface area contributed by atoms with Gasteiger partial charge in [-0.3, -0.25) is 0 Å². The lowest BCUT2D eigenvalue weighted by atomic mass is 10.0. The van der Waals surface area contributed by atoms with Crippen LogP contribution in [0.15, 0.2) is 30.3 Å². The summed E-state index contributed by atoms with van der Waals surface area (Å²) >= 11 is 0. The van der Waals surface area contributed by atoms with Crippen molar-refractivity contribution >= 4 is 0 Å². The second-order valence-electron chi connectivity index (χ2n) is 3.77. The molecule has 2 N–H and O–H groups in total. The first-order valence-electron chi connectivity index (χ1n) is 5.14. The first kappa shape index (κ1) is 12.2. The molecular formula is C12H18O3. The maximum Gasteiger partial charge on any atom is 0.111 e. The number of hydrogen-bond donors (Lipinski definition) is 2. The van der Waals surface area contributed by atoms with Gasteiger partial charge in [0.2, 0.25) is 0 Å². The van der Waals surface area contributed by atoms with E-state index in [0.29, 0.717) is 0 Å². The van der Waals surface area contributed by atoms with E-state index in [1.807, 2.05) is 44.2 Å². The highest BCUT2D eigenvalue weighted by atomic mass is 16.5. The molecule has 2 atom stereocenters. The van der Waals surface area contributed by atoms with Crippen molar-refractivity contribution in [2.45, 2.75) is 32.2 Å². The van der Waals surface area contributed by atoms with Gasteiger partial charge in [0.1, 0.15) is 12.2 Å². The number of aliphatic hydroxyl groups is 2. The molecule has 0 aliphatic rings. The molecule has 0 aromatic heterocycles. The fourth-order valence-corrected chi connectivity index (χ4v) is 1.42. The van der Waals surface area contributed by atoms with Crippen LogP contribution in [0.4, 0.5) is 0 Å². The maximum atomic E-state index is 9.65. The van der Waals surface area contributed by atoms with Crippen molar-refractivity contribution in [2.24, 2.45) is 0 Å². The summed E-state index contributed by atoms with van der Waals surface area (Å²) in [5, 5.41) is 18.6. The molecule has 0 radical (unpaired) electrons. The first-order valence-corrected chi connectivity index (χ1v) is 5.14. The minimum absolute atomic E-state index is 0.0106. The zero-order chi connectivity index (χ0) is 11.3. The molecule has 0 aliphatic heterocycles. The lowest BCUT2D eigenvalue weighted by Gasteiger charge is -2.24. The Bertz CT molecular complexity index is 271. The van der Waals surface area contributed by atoms with E-state index in [2.05, 4.69) is 0 Å². The van der Waals surface area contributed by atoms with Crippen LogP contribution in [0.3, 0.4) is 0 Å². The van der Waals surface area contributed by atoms with Crippen molar-refractivity contribution in [2.75, 3.05) is 6.61 Å². The van der Waals surface area contributed by atoms with E-state index in [1.165, 1.54) is 0 Å². The Kier molecular flexibility index (Phi) is 4.75. The van der Waals surface area contributed by atoms with E-state index in [-0.39, 0.29) is 12.7 Å². The molecule has 15 heavy (non-hydrogen) atoms. The summed E-state index contributed by atoms with van der Waals surface area (Å²) in [5.74, 6) is 0. The average Bonchev–Trinajstić information content (AvgIpc) is 2.26. The highest BCUT2D eigenvalue weighted by molar-refractivity contribution is 5.18. The zero-order valence-electron chi connectivity index (χ0n) is 9.13. The Morgan fingerprint density at radius 2 is 1.80 bits per heavy atom. The quantitative estimate of drug-likeness (QED) is 0.774. The average molecular weight is 210 g/mol. The number of rotatable bonds is 5. The van der Waals surface area contributed by atoms with E-state index >= 15 is 0 Å². The second kappa shape index (κ2) is 5.85. The van der Waals surface area contributed by atoms with E-state index in [1.54, 1.807) is 0 Å². The maximum absolute atomic E-state index is 9.65. The van der Waals surface area contributed by atoms with Crippen molar-refractivity contribution in [1.82, 2.24) is 0 Å². The molecule has 0 aliphatic carbocycles. The molecule has 1 aromatic rings. The summed E-state index contributed by atoms with van der Waals surface area (Å²) in [6.07, 6.45) is -1.33. The van der Waals surface area contributed by atoms with Crippen LogP contribution in [0, 0.1) is 0 Å². The van der Waals surface area contributed by atoms with Crippen LogP contribution in [-0.4, -0.2) is 29.0 Å². The van der Waals surface area contributed by atoms with Crippen molar-refractivity contribution in [3.8, 4) is 0 Å². The Morgan fingerprint density at radius 1 is 1.20 bits per heavy atom. The van der Waals surface area contributed by atoms with Gasteiger partial charge in [0, 0.05) is 0 Å². The van der Waals surface area contributed by atoms with Gasteiger partial charge in [0.15, 0.2) is 0 Å². The number of aliphatic hydroxyl groups excluding tert-OH is 2. The van der Waals surface area contributed by atoms with Gasteiger partial charge in [0.25, 0.3) is 0 Å². The summed E-state index contributed by atoms with van der Waals surface area (Å²) in [4.78, 5) is 0. The van der Waals surface area contributed by atoms with Crippen LogP contribution in [-0.2, 0) is 4.74 Å². The highest BCUT2D eigenvalue weighted by Crippen LogP contribution is 2.22. The smallest absolute Gasteiger partial charge is 0.111 e. The molecule has 2 unspecified atom stereocenters. The molecule has 0 bridgehead atoms. The summed E-state index contributed by atoms with van der Waals surface area (Å²) in [6.45, 7) is 3.51. The Hall–Kier alpha value is -0.900. The van der Waals surface area contributed by atoms with Crippen molar-refractivity contribution in [3.63, 3.8) is 0 Å². The monoisotopic (exact) mass is 210 g/mol. The number of benzene rings is 1. The summed E-state index contributed by atoms with van der Waals surface area (Å²) in [7, 11) is 0.